The molecule has 0 bridgehead atoms. The maximum absolute atomic E-state index is 12.5. The summed E-state index contributed by atoms with van der Waals surface area (Å²) in [5.74, 6) is 0.988. The van der Waals surface area contributed by atoms with Crippen LogP contribution in [0.4, 0.5) is 0 Å². The molecule has 1 aliphatic heterocycles. The highest BCUT2D eigenvalue weighted by molar-refractivity contribution is 7.89. The maximum atomic E-state index is 12.5. The van der Waals surface area contributed by atoms with Gasteiger partial charge in [-0.1, -0.05) is 20.8 Å². The first-order valence-corrected chi connectivity index (χ1v) is 8.47. The fourth-order valence-corrected chi connectivity index (χ4v) is 3.94. The lowest BCUT2D eigenvalue weighted by molar-refractivity contribution is 0.110. The SMILES string of the molecule is CCCn1cc(S(=O)(=O)N2CC(N)(C(C)C)C2)nc1C. The van der Waals surface area contributed by atoms with Crippen LogP contribution in [-0.4, -0.2) is 40.9 Å². The van der Waals surface area contributed by atoms with Crippen LogP contribution in [0.15, 0.2) is 11.2 Å². The van der Waals surface area contributed by atoms with E-state index in [1.165, 1.54) is 4.31 Å². The van der Waals surface area contributed by atoms with E-state index in [2.05, 4.69) is 11.9 Å². The molecule has 20 heavy (non-hydrogen) atoms. The molecule has 6 nitrogen and oxygen atoms in total. The average molecular weight is 300 g/mol. The molecular formula is C13H24N4O2S. The van der Waals surface area contributed by atoms with E-state index in [4.69, 9.17) is 5.73 Å². The van der Waals surface area contributed by atoms with Gasteiger partial charge in [-0.15, -0.1) is 0 Å². The van der Waals surface area contributed by atoms with Crippen LogP contribution >= 0.6 is 0 Å². The number of sulfonamides is 1. The minimum absolute atomic E-state index is 0.134. The number of nitrogens with two attached hydrogens (primary N) is 1. The minimum Gasteiger partial charge on any atom is -0.334 e. The molecule has 1 fully saturated rings. The van der Waals surface area contributed by atoms with Gasteiger partial charge in [0, 0.05) is 31.4 Å². The third-order valence-corrected chi connectivity index (χ3v) is 5.78. The van der Waals surface area contributed by atoms with Gasteiger partial charge in [0.25, 0.3) is 10.0 Å². The van der Waals surface area contributed by atoms with Crippen LogP contribution < -0.4 is 5.73 Å². The number of rotatable bonds is 5. The lowest BCUT2D eigenvalue weighted by atomic mass is 9.82. The Morgan fingerprint density at radius 2 is 2.05 bits per heavy atom. The van der Waals surface area contributed by atoms with Crippen molar-refractivity contribution in [3.63, 3.8) is 0 Å². The first-order chi connectivity index (χ1) is 9.20. The molecule has 1 aromatic heterocycles. The quantitative estimate of drug-likeness (QED) is 0.878. The van der Waals surface area contributed by atoms with E-state index in [0.29, 0.717) is 13.1 Å². The van der Waals surface area contributed by atoms with Crippen molar-refractivity contribution in [2.45, 2.75) is 51.2 Å². The topological polar surface area (TPSA) is 81.2 Å². The van der Waals surface area contributed by atoms with Crippen molar-refractivity contribution < 1.29 is 8.42 Å². The van der Waals surface area contributed by atoms with Crippen molar-refractivity contribution in [2.75, 3.05) is 13.1 Å². The lowest BCUT2D eigenvalue weighted by Gasteiger charge is -2.48. The molecule has 2 heterocycles. The first-order valence-electron chi connectivity index (χ1n) is 7.03. The molecule has 0 atom stereocenters. The number of imidazole rings is 1. The van der Waals surface area contributed by atoms with Gasteiger partial charge >= 0.3 is 0 Å². The van der Waals surface area contributed by atoms with Crippen LogP contribution in [0.3, 0.4) is 0 Å². The highest BCUT2D eigenvalue weighted by Gasteiger charge is 2.48. The van der Waals surface area contributed by atoms with Crippen LogP contribution in [0.2, 0.25) is 0 Å². The van der Waals surface area contributed by atoms with E-state index >= 15 is 0 Å². The van der Waals surface area contributed by atoms with E-state index in [1.54, 1.807) is 6.20 Å². The molecule has 2 N–H and O–H groups in total. The Morgan fingerprint density at radius 3 is 2.55 bits per heavy atom. The summed E-state index contributed by atoms with van der Waals surface area (Å²) in [6, 6.07) is 0. The summed E-state index contributed by atoms with van der Waals surface area (Å²) in [6.07, 6.45) is 2.57. The third kappa shape index (κ3) is 2.49. The van der Waals surface area contributed by atoms with Gasteiger partial charge in [0.15, 0.2) is 5.03 Å². The zero-order valence-corrected chi connectivity index (χ0v) is 13.4. The summed E-state index contributed by atoms with van der Waals surface area (Å²) < 4.78 is 28.3. The molecule has 0 radical (unpaired) electrons. The Balaban J connectivity index is 2.19. The summed E-state index contributed by atoms with van der Waals surface area (Å²) in [5.41, 5.74) is 5.75. The summed E-state index contributed by atoms with van der Waals surface area (Å²) in [4.78, 5) is 4.19. The molecule has 114 valence electrons. The van der Waals surface area contributed by atoms with Crippen molar-refractivity contribution in [1.82, 2.24) is 13.9 Å². The molecule has 0 unspecified atom stereocenters. The average Bonchev–Trinajstić information content (AvgIpc) is 2.68. The molecule has 1 aromatic rings. The number of aromatic nitrogens is 2. The van der Waals surface area contributed by atoms with Gasteiger partial charge in [-0.05, 0) is 19.3 Å². The maximum Gasteiger partial charge on any atom is 0.262 e. The van der Waals surface area contributed by atoms with Gasteiger partial charge in [0.05, 0.1) is 0 Å². The lowest BCUT2D eigenvalue weighted by Crippen LogP contribution is -2.70. The number of nitrogens with zero attached hydrogens (tertiary/aromatic N) is 3. The first kappa shape index (κ1) is 15.5. The van der Waals surface area contributed by atoms with E-state index in [-0.39, 0.29) is 10.9 Å². The fraction of sp³-hybridized carbons (Fsp3) is 0.769. The van der Waals surface area contributed by atoms with Crippen LogP contribution in [0.25, 0.3) is 0 Å². The van der Waals surface area contributed by atoms with Crippen LogP contribution in [-0.2, 0) is 16.6 Å². The molecule has 1 aliphatic rings. The zero-order chi connectivity index (χ0) is 15.1. The summed E-state index contributed by atoms with van der Waals surface area (Å²) in [6.45, 7) is 9.43. The Hall–Kier alpha value is -0.920. The largest absolute Gasteiger partial charge is 0.334 e. The van der Waals surface area contributed by atoms with Crippen LogP contribution in [0.5, 0.6) is 0 Å². The van der Waals surface area contributed by atoms with Crippen molar-refractivity contribution >= 4 is 10.0 Å². The second-order valence-electron chi connectivity index (χ2n) is 5.98. The van der Waals surface area contributed by atoms with Crippen molar-refractivity contribution in [1.29, 1.82) is 0 Å². The molecule has 0 aliphatic carbocycles. The van der Waals surface area contributed by atoms with Crippen molar-refractivity contribution in [3.8, 4) is 0 Å². The predicted octanol–water partition coefficient (Wildman–Crippen LogP) is 0.959. The Kier molecular flexibility index (Phi) is 3.96. The Labute approximate surface area is 121 Å². The zero-order valence-electron chi connectivity index (χ0n) is 12.6. The van der Waals surface area contributed by atoms with Crippen LogP contribution in [0.1, 0.15) is 33.0 Å². The molecular weight excluding hydrogens is 276 g/mol. The summed E-state index contributed by atoms with van der Waals surface area (Å²) in [7, 11) is -3.51. The van der Waals surface area contributed by atoms with E-state index < -0.39 is 15.6 Å². The number of hydrogen-bond donors (Lipinski definition) is 1. The Morgan fingerprint density at radius 1 is 1.45 bits per heavy atom. The van der Waals surface area contributed by atoms with Gasteiger partial charge in [-0.3, -0.25) is 0 Å². The highest BCUT2D eigenvalue weighted by atomic mass is 32.2. The fourth-order valence-electron chi connectivity index (χ4n) is 2.35. The van der Waals surface area contributed by atoms with E-state index in [0.717, 1.165) is 18.8 Å². The van der Waals surface area contributed by atoms with Crippen molar-refractivity contribution in [2.24, 2.45) is 11.7 Å². The van der Waals surface area contributed by atoms with Gasteiger partial charge in [0.2, 0.25) is 0 Å². The molecule has 0 aromatic carbocycles. The Bertz CT molecular complexity index is 586. The highest BCUT2D eigenvalue weighted by Crippen LogP contribution is 2.31. The molecule has 0 spiro atoms. The molecule has 2 rings (SSSR count). The van der Waals surface area contributed by atoms with Crippen LogP contribution in [0, 0.1) is 12.8 Å². The number of hydrogen-bond acceptors (Lipinski definition) is 4. The molecule has 7 heteroatoms. The van der Waals surface area contributed by atoms with Gasteiger partial charge < -0.3 is 10.3 Å². The minimum atomic E-state index is -3.51. The van der Waals surface area contributed by atoms with Crippen molar-refractivity contribution in [3.05, 3.63) is 12.0 Å². The standard InChI is InChI=1S/C13H24N4O2S/c1-5-6-16-7-12(15-11(16)4)20(18,19)17-8-13(14,9-17)10(2)3/h7,10H,5-6,8-9,14H2,1-4H3. The number of aryl methyl sites for hydroxylation is 2. The second-order valence-corrected chi connectivity index (χ2v) is 7.87. The molecule has 0 saturated carbocycles. The second kappa shape index (κ2) is 5.13. The summed E-state index contributed by atoms with van der Waals surface area (Å²) >= 11 is 0. The van der Waals surface area contributed by atoms with Gasteiger partial charge in [0.1, 0.15) is 5.82 Å². The smallest absolute Gasteiger partial charge is 0.262 e. The van der Waals surface area contributed by atoms with Gasteiger partial charge in [-0.2, -0.15) is 4.31 Å². The van der Waals surface area contributed by atoms with E-state index in [1.807, 2.05) is 25.3 Å². The van der Waals surface area contributed by atoms with Gasteiger partial charge in [-0.25, -0.2) is 13.4 Å². The van der Waals surface area contributed by atoms with E-state index in [9.17, 15) is 8.42 Å². The third-order valence-electron chi connectivity index (χ3n) is 4.11. The summed E-state index contributed by atoms with van der Waals surface area (Å²) in [5, 5.41) is 0.134. The monoisotopic (exact) mass is 300 g/mol. The molecule has 0 amide bonds. The molecule has 1 saturated heterocycles. The predicted molar refractivity (Wildman–Crippen MR) is 77.8 cm³/mol. The normalized spacial score (nSPS) is 19.3.